The molecule has 31 heavy (non-hydrogen) atoms. The molecule has 7 heteroatoms. The van der Waals surface area contributed by atoms with Crippen LogP contribution in [0.3, 0.4) is 0 Å². The third-order valence-corrected chi connectivity index (χ3v) is 8.20. The molecule has 4 rings (SSSR count). The number of fused-ring (bicyclic) bond motifs is 1. The van der Waals surface area contributed by atoms with E-state index in [4.69, 9.17) is 0 Å². The maximum atomic E-state index is 12.4. The van der Waals surface area contributed by atoms with Gasteiger partial charge in [-0.15, -0.1) is 11.3 Å². The van der Waals surface area contributed by atoms with Crippen molar-refractivity contribution in [2.75, 3.05) is 5.32 Å². The zero-order valence-electron chi connectivity index (χ0n) is 17.2. The fourth-order valence-corrected chi connectivity index (χ4v) is 5.18. The maximum Gasteiger partial charge on any atom is 0.228 e. The van der Waals surface area contributed by atoms with Crippen molar-refractivity contribution in [3.8, 4) is 10.6 Å². The van der Waals surface area contributed by atoms with Crippen molar-refractivity contribution in [3.05, 3.63) is 78.4 Å². The normalized spacial score (nSPS) is 11.7. The monoisotopic (exact) mass is 450 g/mol. The lowest BCUT2D eigenvalue weighted by molar-refractivity contribution is -0.115. The summed E-state index contributed by atoms with van der Waals surface area (Å²) in [6, 6.07) is 22.1. The van der Waals surface area contributed by atoms with Crippen molar-refractivity contribution in [2.24, 2.45) is 0 Å². The number of benzene rings is 3. The highest BCUT2D eigenvalue weighted by molar-refractivity contribution is 7.92. The molecule has 4 aromatic rings. The molecule has 1 amide bonds. The molecule has 1 heterocycles. The average molecular weight is 451 g/mol. The number of carbonyl (C=O) groups is 1. The van der Waals surface area contributed by atoms with Crippen LogP contribution in [0.15, 0.2) is 77.7 Å². The first-order valence-corrected chi connectivity index (χ1v) is 12.3. The molecule has 0 bridgehead atoms. The smallest absolute Gasteiger partial charge is 0.228 e. The molecule has 5 nitrogen and oxygen atoms in total. The van der Waals surface area contributed by atoms with Crippen LogP contribution in [-0.4, -0.2) is 24.6 Å². The molecule has 1 N–H and O–H groups in total. The Morgan fingerprint density at radius 3 is 2.29 bits per heavy atom. The van der Waals surface area contributed by atoms with E-state index in [9.17, 15) is 13.2 Å². The van der Waals surface area contributed by atoms with Crippen LogP contribution >= 0.6 is 11.3 Å². The van der Waals surface area contributed by atoms with Crippen LogP contribution in [0.1, 0.15) is 19.4 Å². The van der Waals surface area contributed by atoms with Crippen LogP contribution in [0.2, 0.25) is 0 Å². The Kier molecular flexibility index (Phi) is 5.89. The predicted molar refractivity (Wildman–Crippen MR) is 126 cm³/mol. The highest BCUT2D eigenvalue weighted by Crippen LogP contribution is 2.30. The Hall–Kier alpha value is -3.03. The van der Waals surface area contributed by atoms with Crippen molar-refractivity contribution >= 4 is 43.0 Å². The van der Waals surface area contributed by atoms with Gasteiger partial charge in [-0.1, -0.05) is 24.3 Å². The number of nitrogens with one attached hydrogen (secondary N) is 1. The van der Waals surface area contributed by atoms with Crippen LogP contribution in [0.4, 0.5) is 5.69 Å². The summed E-state index contributed by atoms with van der Waals surface area (Å²) in [4.78, 5) is 17.3. The van der Waals surface area contributed by atoms with Gasteiger partial charge < -0.3 is 5.32 Å². The number of hydrogen-bond donors (Lipinski definition) is 1. The lowest BCUT2D eigenvalue weighted by Gasteiger charge is -2.09. The molecule has 0 saturated carbocycles. The van der Waals surface area contributed by atoms with E-state index in [0.717, 1.165) is 26.4 Å². The second-order valence-electron chi connectivity index (χ2n) is 7.53. The first kappa shape index (κ1) is 21.2. The van der Waals surface area contributed by atoms with Crippen LogP contribution in [0.25, 0.3) is 20.8 Å². The molecule has 3 aromatic carbocycles. The zero-order valence-corrected chi connectivity index (χ0v) is 18.8. The topological polar surface area (TPSA) is 76.1 Å². The Bertz CT molecular complexity index is 1290. The van der Waals surface area contributed by atoms with Gasteiger partial charge in [-0.25, -0.2) is 13.4 Å². The molecule has 0 spiro atoms. The summed E-state index contributed by atoms with van der Waals surface area (Å²) >= 11 is 1.64. The SMILES string of the molecule is CC(C)S(=O)(=O)c1ccc(CC(=O)Nc2ccc(-c3nc4ccccc4s3)cc2)cc1. The zero-order chi connectivity index (χ0) is 22.0. The highest BCUT2D eigenvalue weighted by atomic mass is 32.2. The lowest BCUT2D eigenvalue weighted by Crippen LogP contribution is -2.15. The second-order valence-corrected chi connectivity index (χ2v) is 11.1. The number of aromatic nitrogens is 1. The number of anilines is 1. The highest BCUT2D eigenvalue weighted by Gasteiger charge is 2.18. The first-order chi connectivity index (χ1) is 14.8. The van der Waals surface area contributed by atoms with Crippen LogP contribution in [0, 0.1) is 0 Å². The van der Waals surface area contributed by atoms with Crippen LogP contribution in [-0.2, 0) is 21.1 Å². The van der Waals surface area contributed by atoms with Gasteiger partial charge in [0.05, 0.1) is 26.8 Å². The van der Waals surface area contributed by atoms with E-state index in [1.165, 1.54) is 0 Å². The lowest BCUT2D eigenvalue weighted by atomic mass is 10.1. The van der Waals surface area contributed by atoms with Crippen LogP contribution < -0.4 is 5.32 Å². The predicted octanol–water partition coefficient (Wildman–Crippen LogP) is 5.33. The van der Waals surface area contributed by atoms with Gasteiger partial charge in [0.15, 0.2) is 9.84 Å². The summed E-state index contributed by atoms with van der Waals surface area (Å²) in [5.41, 5.74) is 3.44. The van der Waals surface area contributed by atoms with E-state index in [1.54, 1.807) is 49.4 Å². The van der Waals surface area contributed by atoms with Gasteiger partial charge in [0.1, 0.15) is 5.01 Å². The Labute approximate surface area is 185 Å². The Balaban J connectivity index is 1.41. The minimum atomic E-state index is -3.31. The van der Waals surface area contributed by atoms with Gasteiger partial charge in [-0.05, 0) is 67.9 Å². The van der Waals surface area contributed by atoms with Gasteiger partial charge in [0, 0.05) is 11.3 Å². The molecule has 0 saturated heterocycles. The number of nitrogens with zero attached hydrogens (tertiary/aromatic N) is 1. The Morgan fingerprint density at radius 1 is 0.968 bits per heavy atom. The van der Waals surface area contributed by atoms with Gasteiger partial charge in [-0.2, -0.15) is 0 Å². The molecule has 0 radical (unpaired) electrons. The fraction of sp³-hybridized carbons (Fsp3) is 0.167. The molecule has 0 atom stereocenters. The summed E-state index contributed by atoms with van der Waals surface area (Å²) in [6.45, 7) is 3.30. The molecule has 0 aliphatic rings. The van der Waals surface area contributed by atoms with E-state index in [-0.39, 0.29) is 17.2 Å². The quantitative estimate of drug-likeness (QED) is 0.431. The molecule has 0 aliphatic carbocycles. The maximum absolute atomic E-state index is 12.4. The van der Waals surface area contributed by atoms with Crippen molar-refractivity contribution in [1.29, 1.82) is 0 Å². The number of para-hydroxylation sites is 1. The molecule has 0 aliphatic heterocycles. The van der Waals surface area contributed by atoms with E-state index in [0.29, 0.717) is 5.69 Å². The van der Waals surface area contributed by atoms with Gasteiger partial charge >= 0.3 is 0 Å². The number of carbonyl (C=O) groups excluding carboxylic acids is 1. The third-order valence-electron chi connectivity index (χ3n) is 4.95. The van der Waals surface area contributed by atoms with Gasteiger partial charge in [0.25, 0.3) is 0 Å². The summed E-state index contributed by atoms with van der Waals surface area (Å²) in [5, 5.41) is 3.35. The van der Waals surface area contributed by atoms with Crippen molar-refractivity contribution in [1.82, 2.24) is 4.98 Å². The first-order valence-electron chi connectivity index (χ1n) is 9.91. The second kappa shape index (κ2) is 8.61. The van der Waals surface area contributed by atoms with E-state index in [2.05, 4.69) is 16.4 Å². The van der Waals surface area contributed by atoms with Crippen LogP contribution in [0.5, 0.6) is 0 Å². The van der Waals surface area contributed by atoms with Crippen molar-refractivity contribution in [2.45, 2.75) is 30.4 Å². The fourth-order valence-electron chi connectivity index (χ4n) is 3.15. The number of rotatable bonds is 6. The third kappa shape index (κ3) is 4.68. The molecular formula is C24H22N2O3S2. The minimum Gasteiger partial charge on any atom is -0.326 e. The summed E-state index contributed by atoms with van der Waals surface area (Å²) in [6.07, 6.45) is 0.168. The van der Waals surface area contributed by atoms with Crippen molar-refractivity contribution < 1.29 is 13.2 Å². The summed E-state index contributed by atoms with van der Waals surface area (Å²) in [5.74, 6) is -0.160. The Morgan fingerprint density at radius 2 is 1.65 bits per heavy atom. The molecule has 1 aromatic heterocycles. The number of sulfone groups is 1. The molecule has 0 unspecified atom stereocenters. The summed E-state index contributed by atoms with van der Waals surface area (Å²) in [7, 11) is -3.31. The van der Waals surface area contributed by atoms with Crippen molar-refractivity contribution in [3.63, 3.8) is 0 Å². The van der Waals surface area contributed by atoms with E-state index < -0.39 is 15.1 Å². The molecule has 158 valence electrons. The van der Waals surface area contributed by atoms with Gasteiger partial charge in [0.2, 0.25) is 5.91 Å². The minimum absolute atomic E-state index is 0.160. The summed E-state index contributed by atoms with van der Waals surface area (Å²) < 4.78 is 25.5. The van der Waals surface area contributed by atoms with E-state index in [1.807, 2.05) is 42.5 Å². The molecular weight excluding hydrogens is 428 g/mol. The standard InChI is InChI=1S/C24H22N2O3S2/c1-16(2)31(28,29)20-13-7-17(8-14-20)15-23(27)25-19-11-9-18(10-12-19)24-26-21-5-3-4-6-22(21)30-24/h3-14,16H,15H2,1-2H3,(H,25,27). The largest absolute Gasteiger partial charge is 0.326 e. The number of amides is 1. The van der Waals surface area contributed by atoms with Gasteiger partial charge in [-0.3, -0.25) is 4.79 Å². The average Bonchev–Trinajstić information content (AvgIpc) is 3.19. The van der Waals surface area contributed by atoms with E-state index >= 15 is 0 Å². The number of hydrogen-bond acceptors (Lipinski definition) is 5. The molecule has 0 fully saturated rings. The number of thiazole rings is 1.